The van der Waals surface area contributed by atoms with E-state index >= 15 is 0 Å². The van der Waals surface area contributed by atoms with E-state index < -0.39 is 18.4 Å². The molecule has 70 valence electrons. The summed E-state index contributed by atoms with van der Waals surface area (Å²) in [6.07, 6.45) is -0.373. The molecule has 12 heavy (non-hydrogen) atoms. The Morgan fingerprint density at radius 3 is 2.75 bits per heavy atom. The lowest BCUT2D eigenvalue weighted by Crippen LogP contribution is -2.53. The van der Waals surface area contributed by atoms with Gasteiger partial charge in [-0.25, -0.2) is 4.99 Å². The van der Waals surface area contributed by atoms with E-state index in [4.69, 9.17) is 5.11 Å². The van der Waals surface area contributed by atoms with E-state index in [1.165, 1.54) is 11.8 Å². The van der Waals surface area contributed by atoms with Crippen molar-refractivity contribution in [2.45, 2.75) is 18.4 Å². The Labute approximate surface area is 74.5 Å². The van der Waals surface area contributed by atoms with Crippen molar-refractivity contribution >= 4 is 16.9 Å². The van der Waals surface area contributed by atoms with Crippen LogP contribution in [0, 0.1) is 0 Å². The highest BCUT2D eigenvalue weighted by Gasteiger charge is 2.30. The van der Waals surface area contributed by atoms with Crippen molar-refractivity contribution in [2.75, 3.05) is 12.9 Å². The van der Waals surface area contributed by atoms with Gasteiger partial charge in [-0.05, 0) is 6.26 Å². The first-order valence-corrected chi connectivity index (χ1v) is 4.77. The van der Waals surface area contributed by atoms with Crippen LogP contribution >= 0.6 is 11.8 Å². The van der Waals surface area contributed by atoms with Crippen LogP contribution in [-0.4, -0.2) is 51.7 Å². The van der Waals surface area contributed by atoms with E-state index in [2.05, 4.69) is 10.3 Å². The molecule has 0 aromatic rings. The lowest BCUT2D eigenvalue weighted by Gasteiger charge is -2.30. The summed E-state index contributed by atoms with van der Waals surface area (Å²) in [6.45, 7) is -0.224. The third-order valence-electron chi connectivity index (χ3n) is 1.67. The van der Waals surface area contributed by atoms with Crippen molar-refractivity contribution in [1.82, 2.24) is 5.32 Å². The summed E-state index contributed by atoms with van der Waals surface area (Å²) in [5.74, 6) is 0. The lowest BCUT2D eigenvalue weighted by molar-refractivity contribution is -0.0132. The van der Waals surface area contributed by atoms with Crippen molar-refractivity contribution < 1.29 is 15.3 Å². The fraction of sp³-hybridized carbons (Fsp3) is 0.833. The van der Waals surface area contributed by atoms with Gasteiger partial charge in [-0.2, -0.15) is 0 Å². The van der Waals surface area contributed by atoms with Gasteiger partial charge in [-0.1, -0.05) is 11.8 Å². The third-order valence-corrected chi connectivity index (χ3v) is 2.28. The molecule has 1 aliphatic heterocycles. The van der Waals surface area contributed by atoms with Crippen LogP contribution < -0.4 is 5.32 Å². The Bertz CT molecular complexity index is 188. The number of aliphatic hydroxyl groups is 3. The standard InChI is InChI=1S/C6H12N2O3S/c1-12-6-7-3(2-9)4(10)5(11)8-6/h3-5,9-11H,2H2,1H3,(H,7,8)/t3-,4+,5-/m1/s1. The summed E-state index contributed by atoms with van der Waals surface area (Å²) >= 11 is 1.33. The van der Waals surface area contributed by atoms with E-state index in [0.29, 0.717) is 5.17 Å². The molecule has 0 aliphatic carbocycles. The van der Waals surface area contributed by atoms with E-state index in [1.807, 2.05) is 0 Å². The van der Waals surface area contributed by atoms with Crippen LogP contribution in [-0.2, 0) is 0 Å². The minimum Gasteiger partial charge on any atom is -0.394 e. The van der Waals surface area contributed by atoms with Crippen molar-refractivity contribution in [3.05, 3.63) is 0 Å². The molecule has 0 aromatic carbocycles. The van der Waals surface area contributed by atoms with E-state index in [0.717, 1.165) is 0 Å². The molecule has 6 heteroatoms. The average Bonchev–Trinajstić information content (AvgIpc) is 2.09. The van der Waals surface area contributed by atoms with E-state index in [9.17, 15) is 10.2 Å². The summed E-state index contributed by atoms with van der Waals surface area (Å²) in [6, 6.07) is -0.528. The number of thioether (sulfide) groups is 1. The summed E-state index contributed by atoms with van der Waals surface area (Å²) in [4.78, 5) is 3.74. The largest absolute Gasteiger partial charge is 0.394 e. The second-order valence-corrected chi connectivity index (χ2v) is 3.27. The molecule has 4 N–H and O–H groups in total. The van der Waals surface area contributed by atoms with Crippen LogP contribution in [0.5, 0.6) is 0 Å². The van der Waals surface area contributed by atoms with E-state index in [-0.39, 0.29) is 6.61 Å². The summed E-state index contributed by atoms with van der Waals surface area (Å²) in [5.41, 5.74) is 0. The monoisotopic (exact) mass is 192 g/mol. The molecule has 0 unspecified atom stereocenters. The maximum atomic E-state index is 9.26. The van der Waals surface area contributed by atoms with Crippen LogP contribution in [0.2, 0.25) is 0 Å². The van der Waals surface area contributed by atoms with Gasteiger partial charge in [0.2, 0.25) is 0 Å². The molecule has 0 saturated heterocycles. The number of hydrogen-bond acceptors (Lipinski definition) is 6. The van der Waals surface area contributed by atoms with Crippen LogP contribution in [0.3, 0.4) is 0 Å². The minimum absolute atomic E-state index is 0.224. The zero-order valence-electron chi connectivity index (χ0n) is 6.64. The summed E-state index contributed by atoms with van der Waals surface area (Å²) in [7, 11) is 0. The fourth-order valence-corrected chi connectivity index (χ4v) is 1.43. The van der Waals surface area contributed by atoms with Gasteiger partial charge in [-0.15, -0.1) is 0 Å². The highest BCUT2D eigenvalue weighted by atomic mass is 32.2. The Morgan fingerprint density at radius 1 is 1.58 bits per heavy atom. The Balaban J connectivity index is 2.68. The van der Waals surface area contributed by atoms with Gasteiger partial charge in [0.25, 0.3) is 0 Å². The third kappa shape index (κ3) is 1.89. The van der Waals surface area contributed by atoms with E-state index in [1.54, 1.807) is 6.26 Å². The van der Waals surface area contributed by atoms with Crippen molar-refractivity contribution in [2.24, 2.45) is 4.99 Å². The molecule has 5 nitrogen and oxygen atoms in total. The zero-order chi connectivity index (χ0) is 9.14. The molecule has 3 atom stereocenters. The maximum absolute atomic E-state index is 9.26. The number of rotatable bonds is 1. The van der Waals surface area contributed by atoms with Crippen molar-refractivity contribution in [1.29, 1.82) is 0 Å². The average molecular weight is 192 g/mol. The number of amidine groups is 1. The molecule has 0 bridgehead atoms. The van der Waals surface area contributed by atoms with Gasteiger partial charge < -0.3 is 20.6 Å². The second-order valence-electron chi connectivity index (χ2n) is 2.48. The normalized spacial score (nSPS) is 35.7. The Kier molecular flexibility index (Phi) is 3.33. The predicted octanol–water partition coefficient (Wildman–Crippen LogP) is -1.65. The molecule has 0 aromatic heterocycles. The maximum Gasteiger partial charge on any atom is 0.176 e. The quantitative estimate of drug-likeness (QED) is 0.400. The lowest BCUT2D eigenvalue weighted by atomic mass is 10.1. The van der Waals surface area contributed by atoms with Gasteiger partial charge in [0.15, 0.2) is 11.4 Å². The molecule has 0 fully saturated rings. The first kappa shape index (κ1) is 9.79. The second kappa shape index (κ2) is 4.08. The minimum atomic E-state index is -1.13. The number of hydrogen-bond donors (Lipinski definition) is 4. The molecule has 0 spiro atoms. The molecule has 0 radical (unpaired) electrons. The van der Waals surface area contributed by atoms with Crippen LogP contribution in [0.25, 0.3) is 0 Å². The highest BCUT2D eigenvalue weighted by Crippen LogP contribution is 2.11. The van der Waals surface area contributed by atoms with Gasteiger partial charge in [-0.3, -0.25) is 0 Å². The Hall–Kier alpha value is -0.300. The van der Waals surface area contributed by atoms with Crippen LogP contribution in [0.15, 0.2) is 4.99 Å². The first-order chi connectivity index (χ1) is 5.69. The van der Waals surface area contributed by atoms with Crippen molar-refractivity contribution in [3.63, 3.8) is 0 Å². The van der Waals surface area contributed by atoms with Gasteiger partial charge in [0, 0.05) is 0 Å². The smallest absolute Gasteiger partial charge is 0.176 e. The molecular weight excluding hydrogens is 180 g/mol. The fourth-order valence-electron chi connectivity index (χ4n) is 0.951. The summed E-state index contributed by atoms with van der Waals surface area (Å²) < 4.78 is 0. The van der Waals surface area contributed by atoms with Gasteiger partial charge in [0.05, 0.1) is 12.6 Å². The SMILES string of the molecule is CSC1=N[C@H](O)[C@@H](O)[C@@H](CO)N1. The number of nitrogens with zero attached hydrogens (tertiary/aromatic N) is 1. The first-order valence-electron chi connectivity index (χ1n) is 3.54. The topological polar surface area (TPSA) is 85.1 Å². The molecule has 0 amide bonds. The van der Waals surface area contributed by atoms with Gasteiger partial charge in [0.1, 0.15) is 6.10 Å². The number of nitrogens with one attached hydrogen (secondary N) is 1. The molecule has 0 saturated carbocycles. The van der Waals surface area contributed by atoms with Crippen molar-refractivity contribution in [3.8, 4) is 0 Å². The molecule has 1 heterocycles. The van der Waals surface area contributed by atoms with Crippen LogP contribution in [0.4, 0.5) is 0 Å². The summed E-state index contributed by atoms with van der Waals surface area (Å²) in [5, 5.41) is 30.6. The number of aliphatic hydroxyl groups excluding tert-OH is 3. The highest BCUT2D eigenvalue weighted by molar-refractivity contribution is 8.13. The van der Waals surface area contributed by atoms with Gasteiger partial charge >= 0.3 is 0 Å². The molecular formula is C6H12N2O3S. The molecule has 1 aliphatic rings. The molecule has 1 rings (SSSR count). The Morgan fingerprint density at radius 2 is 2.25 bits per heavy atom. The van der Waals surface area contributed by atoms with Crippen LogP contribution in [0.1, 0.15) is 0 Å². The predicted molar refractivity (Wildman–Crippen MR) is 47.0 cm³/mol. The zero-order valence-corrected chi connectivity index (χ0v) is 7.45. The number of aliphatic imine (C=N–C) groups is 1.